The summed E-state index contributed by atoms with van der Waals surface area (Å²) in [5, 5.41) is 15.8. The second-order valence-corrected chi connectivity index (χ2v) is 10.3. The Hall–Kier alpha value is -3.63. The van der Waals surface area contributed by atoms with Gasteiger partial charge in [-0.2, -0.15) is 0 Å². The van der Waals surface area contributed by atoms with E-state index >= 15 is 0 Å². The number of nitrogens with one attached hydrogen (secondary N) is 1. The van der Waals surface area contributed by atoms with Gasteiger partial charge in [-0.3, -0.25) is 4.79 Å². The van der Waals surface area contributed by atoms with E-state index in [0.717, 1.165) is 24.3 Å². The number of ether oxygens (including phenoxy) is 1. The van der Waals surface area contributed by atoms with Gasteiger partial charge in [0.1, 0.15) is 11.9 Å². The summed E-state index contributed by atoms with van der Waals surface area (Å²) in [5.41, 5.74) is 3.54. The normalized spacial score (nSPS) is 18.3. The number of fused-ring (bicyclic) bond motifs is 2. The maximum atomic E-state index is 11.7. The Balaban J connectivity index is 1.35. The number of carboxylic acids is 1. The smallest absolute Gasteiger partial charge is 0.313 e. The molecule has 0 aromatic heterocycles. The summed E-state index contributed by atoms with van der Waals surface area (Å²) >= 11 is 0. The number of carboxylic acid groups (broad SMARTS) is 1. The Kier molecular flexibility index (Phi) is 6.55. The van der Waals surface area contributed by atoms with Gasteiger partial charge in [-0.25, -0.2) is 0 Å². The predicted octanol–water partition coefficient (Wildman–Crippen LogP) is 6.84. The molecule has 1 aliphatic rings. The van der Waals surface area contributed by atoms with Gasteiger partial charge < -0.3 is 15.2 Å². The van der Waals surface area contributed by atoms with Crippen LogP contribution < -0.4 is 10.1 Å². The zero-order valence-corrected chi connectivity index (χ0v) is 21.1. The number of aliphatic carboxylic acids is 1. The van der Waals surface area contributed by atoms with Crippen molar-refractivity contribution in [2.45, 2.75) is 50.7 Å². The summed E-state index contributed by atoms with van der Waals surface area (Å²) in [7, 11) is 0. The van der Waals surface area contributed by atoms with Crippen LogP contribution in [0, 0.1) is 0 Å². The Labute approximate surface area is 212 Å². The van der Waals surface area contributed by atoms with Crippen molar-refractivity contribution < 1.29 is 14.6 Å². The molecule has 0 saturated carbocycles. The highest BCUT2D eigenvalue weighted by molar-refractivity contribution is 5.86. The molecule has 1 unspecified atom stereocenters. The summed E-state index contributed by atoms with van der Waals surface area (Å²) in [6, 6.07) is 31.5. The molecule has 4 nitrogen and oxygen atoms in total. The van der Waals surface area contributed by atoms with Crippen LogP contribution in [-0.2, 0) is 10.2 Å². The van der Waals surface area contributed by atoms with Crippen molar-refractivity contribution in [2.24, 2.45) is 0 Å². The molecule has 0 amide bonds. The lowest BCUT2D eigenvalue weighted by Gasteiger charge is -2.33. The minimum absolute atomic E-state index is 0.0254. The molecule has 5 rings (SSSR count). The van der Waals surface area contributed by atoms with Gasteiger partial charge >= 0.3 is 5.97 Å². The Morgan fingerprint density at radius 2 is 1.67 bits per heavy atom. The van der Waals surface area contributed by atoms with E-state index in [0.29, 0.717) is 0 Å². The largest absolute Gasteiger partial charge is 0.489 e. The molecule has 0 spiro atoms. The van der Waals surface area contributed by atoms with Crippen molar-refractivity contribution >= 4 is 16.7 Å². The SMILES string of the molecule is CC(NC[C@H]1C[C@@H](c2ccc(C(C)(C)C(=O)O)cc2)c2ccccc2O1)c1cccc2ccccc12. The minimum Gasteiger partial charge on any atom is -0.489 e. The molecule has 4 aromatic carbocycles. The fourth-order valence-corrected chi connectivity index (χ4v) is 5.24. The van der Waals surface area contributed by atoms with Crippen LogP contribution in [0.15, 0.2) is 91.0 Å². The van der Waals surface area contributed by atoms with E-state index in [2.05, 4.69) is 79.0 Å². The first-order valence-corrected chi connectivity index (χ1v) is 12.6. The molecule has 0 bridgehead atoms. The van der Waals surface area contributed by atoms with Gasteiger partial charge in [-0.05, 0) is 60.7 Å². The highest BCUT2D eigenvalue weighted by Gasteiger charge is 2.32. The molecule has 2 N–H and O–H groups in total. The second-order valence-electron chi connectivity index (χ2n) is 10.3. The molecule has 184 valence electrons. The standard InChI is InChI=1S/C32H33NO3/c1-21(26-13-8-10-22-9-4-5-11-27(22)26)33-20-25-19-29(28-12-6-7-14-30(28)36-25)23-15-17-24(18-16-23)32(2,3)31(34)35/h4-18,21,25,29,33H,19-20H2,1-3H3,(H,34,35)/t21?,25-,29+/m1/s1. The first-order chi connectivity index (χ1) is 17.3. The first-order valence-electron chi connectivity index (χ1n) is 12.6. The van der Waals surface area contributed by atoms with Gasteiger partial charge in [0.2, 0.25) is 0 Å². The Morgan fingerprint density at radius 1 is 0.972 bits per heavy atom. The van der Waals surface area contributed by atoms with E-state index in [1.165, 1.54) is 27.5 Å². The van der Waals surface area contributed by atoms with Crippen LogP contribution in [0.25, 0.3) is 10.8 Å². The number of hydrogen-bond donors (Lipinski definition) is 2. The molecule has 1 heterocycles. The maximum Gasteiger partial charge on any atom is 0.313 e. The number of hydrogen-bond acceptors (Lipinski definition) is 3. The first kappa shape index (κ1) is 24.1. The fraction of sp³-hybridized carbons (Fsp3) is 0.281. The van der Waals surface area contributed by atoms with Crippen LogP contribution in [0.1, 0.15) is 61.4 Å². The average Bonchev–Trinajstić information content (AvgIpc) is 2.91. The lowest BCUT2D eigenvalue weighted by molar-refractivity contribution is -0.142. The third-order valence-corrected chi connectivity index (χ3v) is 7.60. The average molecular weight is 480 g/mol. The summed E-state index contributed by atoms with van der Waals surface area (Å²) in [5.74, 6) is 0.294. The second kappa shape index (κ2) is 9.79. The number of carbonyl (C=O) groups is 1. The van der Waals surface area contributed by atoms with Crippen LogP contribution in [0.5, 0.6) is 5.75 Å². The molecule has 0 aliphatic carbocycles. The van der Waals surface area contributed by atoms with Crippen LogP contribution in [0.4, 0.5) is 0 Å². The van der Waals surface area contributed by atoms with E-state index in [1.807, 2.05) is 24.3 Å². The highest BCUT2D eigenvalue weighted by Crippen LogP contribution is 2.41. The summed E-state index contributed by atoms with van der Waals surface area (Å²) < 4.78 is 6.43. The zero-order valence-electron chi connectivity index (χ0n) is 21.1. The Morgan fingerprint density at radius 3 is 2.44 bits per heavy atom. The Bertz CT molecular complexity index is 1370. The number of para-hydroxylation sites is 1. The van der Waals surface area contributed by atoms with Crippen molar-refractivity contribution in [1.29, 1.82) is 0 Å². The minimum atomic E-state index is -0.920. The summed E-state index contributed by atoms with van der Waals surface area (Å²) in [4.78, 5) is 11.7. The molecule has 3 atom stereocenters. The van der Waals surface area contributed by atoms with E-state index in [9.17, 15) is 9.90 Å². The van der Waals surface area contributed by atoms with Gasteiger partial charge in [0.05, 0.1) is 5.41 Å². The predicted molar refractivity (Wildman–Crippen MR) is 145 cm³/mol. The summed E-state index contributed by atoms with van der Waals surface area (Å²) in [6.45, 7) is 6.43. The van der Waals surface area contributed by atoms with Gasteiger partial charge in [-0.1, -0.05) is 84.9 Å². The maximum absolute atomic E-state index is 11.7. The van der Waals surface area contributed by atoms with Crippen LogP contribution >= 0.6 is 0 Å². The van der Waals surface area contributed by atoms with Crippen LogP contribution in [-0.4, -0.2) is 23.7 Å². The summed E-state index contributed by atoms with van der Waals surface area (Å²) in [6.07, 6.45) is 0.881. The van der Waals surface area contributed by atoms with Crippen molar-refractivity contribution in [3.05, 3.63) is 113 Å². The topological polar surface area (TPSA) is 58.6 Å². The quantitative estimate of drug-likeness (QED) is 0.305. The number of benzene rings is 4. The lowest BCUT2D eigenvalue weighted by atomic mass is 9.80. The molecule has 36 heavy (non-hydrogen) atoms. The van der Waals surface area contributed by atoms with Crippen LogP contribution in [0.2, 0.25) is 0 Å². The third-order valence-electron chi connectivity index (χ3n) is 7.60. The molecule has 0 fully saturated rings. The lowest BCUT2D eigenvalue weighted by Crippen LogP contribution is -2.37. The third kappa shape index (κ3) is 4.61. The van der Waals surface area contributed by atoms with Gasteiger partial charge in [0.25, 0.3) is 0 Å². The van der Waals surface area contributed by atoms with Gasteiger partial charge in [0, 0.05) is 24.1 Å². The number of rotatable bonds is 7. The zero-order chi connectivity index (χ0) is 25.3. The van der Waals surface area contributed by atoms with Crippen molar-refractivity contribution in [3.63, 3.8) is 0 Å². The van der Waals surface area contributed by atoms with Crippen LogP contribution in [0.3, 0.4) is 0 Å². The van der Waals surface area contributed by atoms with Crippen molar-refractivity contribution in [3.8, 4) is 5.75 Å². The molecule has 0 radical (unpaired) electrons. The molecule has 4 aromatic rings. The van der Waals surface area contributed by atoms with E-state index < -0.39 is 11.4 Å². The molecular formula is C32H33NO3. The molecule has 4 heteroatoms. The van der Waals surface area contributed by atoms with Crippen molar-refractivity contribution in [1.82, 2.24) is 5.32 Å². The highest BCUT2D eigenvalue weighted by atomic mass is 16.5. The fourth-order valence-electron chi connectivity index (χ4n) is 5.24. The monoisotopic (exact) mass is 479 g/mol. The molecular weight excluding hydrogens is 446 g/mol. The molecule has 0 saturated heterocycles. The van der Waals surface area contributed by atoms with Gasteiger partial charge in [0.15, 0.2) is 0 Å². The van der Waals surface area contributed by atoms with E-state index in [4.69, 9.17) is 4.74 Å². The van der Waals surface area contributed by atoms with E-state index in [1.54, 1.807) is 13.8 Å². The molecule has 1 aliphatic heterocycles. The van der Waals surface area contributed by atoms with E-state index in [-0.39, 0.29) is 18.1 Å². The van der Waals surface area contributed by atoms with Gasteiger partial charge in [-0.15, -0.1) is 0 Å². The van der Waals surface area contributed by atoms with Crippen molar-refractivity contribution in [2.75, 3.05) is 6.54 Å².